The Kier molecular flexibility index (Phi) is 3.42. The zero-order valence-corrected chi connectivity index (χ0v) is 11.9. The van der Waals surface area contributed by atoms with Crippen molar-refractivity contribution in [3.05, 3.63) is 66.2 Å². The Bertz CT molecular complexity index is 744. The average molecular weight is 262 g/mol. The summed E-state index contributed by atoms with van der Waals surface area (Å²) in [6, 6.07) is 21.4. The van der Waals surface area contributed by atoms with Gasteiger partial charge >= 0.3 is 0 Å². The number of hydrogen-bond donors (Lipinski definition) is 0. The quantitative estimate of drug-likeness (QED) is 0.639. The smallest absolute Gasteiger partial charge is 0.119 e. The van der Waals surface area contributed by atoms with Gasteiger partial charge in [0.2, 0.25) is 0 Å². The molecule has 0 radical (unpaired) electrons. The van der Waals surface area contributed by atoms with Gasteiger partial charge in [0, 0.05) is 0 Å². The zero-order chi connectivity index (χ0) is 13.9. The van der Waals surface area contributed by atoms with Gasteiger partial charge in [-0.3, -0.25) is 0 Å². The number of methoxy groups -OCH3 is 1. The van der Waals surface area contributed by atoms with Gasteiger partial charge in [0.1, 0.15) is 5.75 Å². The first-order chi connectivity index (χ1) is 9.81. The summed E-state index contributed by atoms with van der Waals surface area (Å²) >= 11 is 0. The minimum atomic E-state index is 0.902. The monoisotopic (exact) mass is 262 g/mol. The van der Waals surface area contributed by atoms with Crippen molar-refractivity contribution in [2.45, 2.75) is 13.3 Å². The summed E-state index contributed by atoms with van der Waals surface area (Å²) in [5, 5.41) is 2.45. The predicted molar refractivity (Wildman–Crippen MR) is 85.3 cm³/mol. The molecule has 3 rings (SSSR count). The molecule has 0 aliphatic heterocycles. The number of fused-ring (bicyclic) bond motifs is 1. The lowest BCUT2D eigenvalue weighted by molar-refractivity contribution is 0.415. The van der Waals surface area contributed by atoms with E-state index in [4.69, 9.17) is 4.74 Å². The Hall–Kier alpha value is -2.28. The molecule has 3 aromatic rings. The Morgan fingerprint density at radius 3 is 2.40 bits per heavy atom. The van der Waals surface area contributed by atoms with Crippen molar-refractivity contribution >= 4 is 10.8 Å². The van der Waals surface area contributed by atoms with E-state index < -0.39 is 0 Å². The van der Waals surface area contributed by atoms with Gasteiger partial charge in [0.25, 0.3) is 0 Å². The molecule has 0 heterocycles. The summed E-state index contributed by atoms with van der Waals surface area (Å²) in [4.78, 5) is 0. The van der Waals surface area contributed by atoms with E-state index in [1.165, 1.54) is 27.5 Å². The molecule has 1 heteroatoms. The number of ether oxygens (including phenoxy) is 1. The van der Waals surface area contributed by atoms with Crippen molar-refractivity contribution in [3.63, 3.8) is 0 Å². The van der Waals surface area contributed by atoms with Crippen molar-refractivity contribution in [3.8, 4) is 16.9 Å². The van der Waals surface area contributed by atoms with E-state index in [1.54, 1.807) is 7.11 Å². The van der Waals surface area contributed by atoms with Crippen molar-refractivity contribution in [2.24, 2.45) is 0 Å². The summed E-state index contributed by atoms with van der Waals surface area (Å²) in [6.07, 6.45) is 1.05. The lowest BCUT2D eigenvalue weighted by atomic mass is 9.96. The Morgan fingerprint density at radius 1 is 0.850 bits per heavy atom. The molecule has 0 amide bonds. The number of hydrogen-bond acceptors (Lipinski definition) is 1. The highest BCUT2D eigenvalue weighted by atomic mass is 16.5. The van der Waals surface area contributed by atoms with Crippen LogP contribution in [0.3, 0.4) is 0 Å². The standard InChI is InChI=1S/C19H18O/c1-3-14-6-4-5-7-19(14)17-9-8-16-13-18(20-2)11-10-15(16)12-17/h4-13H,3H2,1-2H3. The van der Waals surface area contributed by atoms with E-state index in [2.05, 4.69) is 61.5 Å². The van der Waals surface area contributed by atoms with Gasteiger partial charge < -0.3 is 4.74 Å². The topological polar surface area (TPSA) is 9.23 Å². The molecule has 0 aliphatic carbocycles. The third-order valence-electron chi connectivity index (χ3n) is 3.76. The van der Waals surface area contributed by atoms with Crippen molar-refractivity contribution in [1.29, 1.82) is 0 Å². The second-order valence-corrected chi connectivity index (χ2v) is 4.94. The summed E-state index contributed by atoms with van der Waals surface area (Å²) < 4.78 is 5.27. The molecule has 0 fully saturated rings. The van der Waals surface area contributed by atoms with Gasteiger partial charge in [-0.05, 0) is 52.1 Å². The maximum atomic E-state index is 5.27. The van der Waals surface area contributed by atoms with Crippen LogP contribution in [0, 0.1) is 0 Å². The molecule has 0 aromatic heterocycles. The van der Waals surface area contributed by atoms with Crippen LogP contribution in [0.2, 0.25) is 0 Å². The fraction of sp³-hybridized carbons (Fsp3) is 0.158. The minimum Gasteiger partial charge on any atom is -0.497 e. The molecule has 0 saturated heterocycles. The lowest BCUT2D eigenvalue weighted by Crippen LogP contribution is -1.87. The fourth-order valence-corrected chi connectivity index (χ4v) is 2.63. The highest BCUT2D eigenvalue weighted by molar-refractivity contribution is 5.88. The summed E-state index contributed by atoms with van der Waals surface area (Å²) in [7, 11) is 1.70. The van der Waals surface area contributed by atoms with Crippen LogP contribution < -0.4 is 4.74 Å². The van der Waals surface area contributed by atoms with E-state index in [0.29, 0.717) is 0 Å². The van der Waals surface area contributed by atoms with Crippen LogP contribution in [0.5, 0.6) is 5.75 Å². The van der Waals surface area contributed by atoms with Crippen LogP contribution in [0.1, 0.15) is 12.5 Å². The van der Waals surface area contributed by atoms with Gasteiger partial charge in [-0.25, -0.2) is 0 Å². The van der Waals surface area contributed by atoms with E-state index >= 15 is 0 Å². The molecule has 1 nitrogen and oxygen atoms in total. The number of benzene rings is 3. The number of aryl methyl sites for hydroxylation is 1. The average Bonchev–Trinajstić information content (AvgIpc) is 2.53. The van der Waals surface area contributed by atoms with E-state index in [0.717, 1.165) is 12.2 Å². The van der Waals surface area contributed by atoms with Gasteiger partial charge in [-0.1, -0.05) is 49.4 Å². The van der Waals surface area contributed by atoms with Crippen molar-refractivity contribution < 1.29 is 4.74 Å². The Labute approximate surface area is 119 Å². The van der Waals surface area contributed by atoms with E-state index in [9.17, 15) is 0 Å². The second-order valence-electron chi connectivity index (χ2n) is 4.94. The highest BCUT2D eigenvalue weighted by Gasteiger charge is 2.04. The van der Waals surface area contributed by atoms with Crippen LogP contribution in [0.4, 0.5) is 0 Å². The van der Waals surface area contributed by atoms with Crippen molar-refractivity contribution in [2.75, 3.05) is 7.11 Å². The molecule has 3 aromatic carbocycles. The van der Waals surface area contributed by atoms with Gasteiger partial charge in [0.05, 0.1) is 7.11 Å². The molecule has 0 atom stereocenters. The van der Waals surface area contributed by atoms with Gasteiger partial charge in [-0.2, -0.15) is 0 Å². The Morgan fingerprint density at radius 2 is 1.60 bits per heavy atom. The maximum Gasteiger partial charge on any atom is 0.119 e. The Balaban J connectivity index is 2.13. The molecule has 20 heavy (non-hydrogen) atoms. The molecular weight excluding hydrogens is 244 g/mol. The molecule has 0 saturated carbocycles. The van der Waals surface area contributed by atoms with Crippen LogP contribution >= 0.6 is 0 Å². The van der Waals surface area contributed by atoms with Crippen LogP contribution in [-0.4, -0.2) is 7.11 Å². The summed E-state index contributed by atoms with van der Waals surface area (Å²) in [5.74, 6) is 0.902. The van der Waals surface area contributed by atoms with E-state index in [1.807, 2.05) is 6.07 Å². The van der Waals surface area contributed by atoms with Crippen LogP contribution in [-0.2, 0) is 6.42 Å². The third kappa shape index (κ3) is 2.27. The maximum absolute atomic E-state index is 5.27. The summed E-state index contributed by atoms with van der Waals surface area (Å²) in [5.41, 5.74) is 3.99. The van der Waals surface area contributed by atoms with Gasteiger partial charge in [-0.15, -0.1) is 0 Å². The molecule has 0 bridgehead atoms. The van der Waals surface area contributed by atoms with Crippen molar-refractivity contribution in [1.82, 2.24) is 0 Å². The molecule has 0 unspecified atom stereocenters. The van der Waals surface area contributed by atoms with Gasteiger partial charge in [0.15, 0.2) is 0 Å². The van der Waals surface area contributed by atoms with E-state index in [-0.39, 0.29) is 0 Å². The molecular formula is C19H18O. The van der Waals surface area contributed by atoms with Crippen LogP contribution in [0.25, 0.3) is 21.9 Å². The second kappa shape index (κ2) is 5.38. The predicted octanol–water partition coefficient (Wildman–Crippen LogP) is 5.08. The highest BCUT2D eigenvalue weighted by Crippen LogP contribution is 2.29. The largest absolute Gasteiger partial charge is 0.497 e. The first-order valence-corrected chi connectivity index (χ1v) is 6.98. The fourth-order valence-electron chi connectivity index (χ4n) is 2.63. The minimum absolute atomic E-state index is 0.902. The zero-order valence-electron chi connectivity index (χ0n) is 11.9. The first-order valence-electron chi connectivity index (χ1n) is 6.98. The first kappa shape index (κ1) is 12.7. The molecule has 0 spiro atoms. The molecule has 100 valence electrons. The molecule has 0 aliphatic rings. The lowest BCUT2D eigenvalue weighted by Gasteiger charge is -2.09. The third-order valence-corrected chi connectivity index (χ3v) is 3.76. The van der Waals surface area contributed by atoms with Crippen LogP contribution in [0.15, 0.2) is 60.7 Å². The normalized spacial score (nSPS) is 10.7. The summed E-state index contributed by atoms with van der Waals surface area (Å²) in [6.45, 7) is 2.20. The number of rotatable bonds is 3. The molecule has 0 N–H and O–H groups in total. The SMILES string of the molecule is CCc1ccccc1-c1ccc2cc(OC)ccc2c1.